The summed E-state index contributed by atoms with van der Waals surface area (Å²) in [7, 11) is 0. The maximum absolute atomic E-state index is 2.54. The molecule has 0 unspecified atom stereocenters. The molecular formula is C60H52N2. The van der Waals surface area contributed by atoms with E-state index in [9.17, 15) is 0 Å². The van der Waals surface area contributed by atoms with Crippen molar-refractivity contribution in [2.24, 2.45) is 0 Å². The summed E-state index contributed by atoms with van der Waals surface area (Å²) in [6.45, 7) is 18.8. The lowest BCUT2D eigenvalue weighted by Crippen LogP contribution is -2.19. The van der Waals surface area contributed by atoms with Gasteiger partial charge in [-0.05, 0) is 142 Å². The van der Waals surface area contributed by atoms with Gasteiger partial charge in [-0.25, -0.2) is 0 Å². The Hall–Kier alpha value is -6.90. The number of hydrogen-bond donors (Lipinski definition) is 0. The fourth-order valence-electron chi connectivity index (χ4n) is 11.2. The van der Waals surface area contributed by atoms with Gasteiger partial charge in [-0.2, -0.15) is 0 Å². The lowest BCUT2D eigenvalue weighted by atomic mass is 9.77. The molecule has 0 heterocycles. The number of para-hydroxylation sites is 4. The molecule has 0 bridgehead atoms. The zero-order chi connectivity index (χ0) is 42.7. The SMILES string of the molecule is Cc1ccccc1N(c1ccccc1C)c1cc2c(c3ccccc13)-c1ccc3c(c1C2(C)C)-c1c(cc(N(c2ccccc2C)c2ccccc2C)c2ccccc12)C3(C)C. The third kappa shape index (κ3) is 5.35. The van der Waals surface area contributed by atoms with Gasteiger partial charge < -0.3 is 9.80 Å². The molecule has 302 valence electrons. The predicted molar refractivity (Wildman–Crippen MR) is 265 cm³/mol. The highest BCUT2D eigenvalue weighted by atomic mass is 15.2. The zero-order valence-corrected chi connectivity index (χ0v) is 37.1. The first-order chi connectivity index (χ1) is 30.0. The van der Waals surface area contributed by atoms with Crippen molar-refractivity contribution in [2.45, 2.75) is 66.2 Å². The number of benzene rings is 9. The molecule has 0 radical (unpaired) electrons. The molecule has 0 aliphatic heterocycles. The number of rotatable bonds is 6. The summed E-state index contributed by atoms with van der Waals surface area (Å²) < 4.78 is 0. The third-order valence-electron chi connectivity index (χ3n) is 14.3. The van der Waals surface area contributed by atoms with Gasteiger partial charge >= 0.3 is 0 Å². The summed E-state index contributed by atoms with van der Waals surface area (Å²) in [5.41, 5.74) is 22.7. The Morgan fingerprint density at radius 2 is 0.661 bits per heavy atom. The van der Waals surface area contributed by atoms with Crippen LogP contribution in [0.3, 0.4) is 0 Å². The van der Waals surface area contributed by atoms with Crippen LogP contribution in [0.25, 0.3) is 43.8 Å². The van der Waals surface area contributed by atoms with Crippen LogP contribution in [0.2, 0.25) is 0 Å². The van der Waals surface area contributed by atoms with Gasteiger partial charge in [0, 0.05) is 44.4 Å². The average molecular weight is 801 g/mol. The minimum Gasteiger partial charge on any atom is -0.309 e. The monoisotopic (exact) mass is 800 g/mol. The molecule has 2 heteroatoms. The molecule has 62 heavy (non-hydrogen) atoms. The third-order valence-corrected chi connectivity index (χ3v) is 14.3. The van der Waals surface area contributed by atoms with Gasteiger partial charge in [0.2, 0.25) is 0 Å². The number of fused-ring (bicyclic) bond motifs is 11. The van der Waals surface area contributed by atoms with Crippen molar-refractivity contribution in [3.63, 3.8) is 0 Å². The molecular weight excluding hydrogens is 749 g/mol. The Morgan fingerprint density at radius 1 is 0.306 bits per heavy atom. The van der Waals surface area contributed by atoms with E-state index in [4.69, 9.17) is 0 Å². The fraction of sp³-hybridized carbons (Fsp3) is 0.167. The van der Waals surface area contributed by atoms with Crippen molar-refractivity contribution < 1.29 is 0 Å². The molecule has 0 atom stereocenters. The molecule has 0 N–H and O–H groups in total. The van der Waals surface area contributed by atoms with Crippen LogP contribution in [-0.2, 0) is 10.8 Å². The molecule has 2 aliphatic rings. The molecule has 0 amide bonds. The van der Waals surface area contributed by atoms with E-state index >= 15 is 0 Å². The molecule has 0 fully saturated rings. The second-order valence-corrected chi connectivity index (χ2v) is 18.7. The van der Waals surface area contributed by atoms with Gasteiger partial charge in [0.1, 0.15) is 0 Å². The smallest absolute Gasteiger partial charge is 0.0543 e. The quantitative estimate of drug-likeness (QED) is 0.165. The highest BCUT2D eigenvalue weighted by molar-refractivity contribution is 6.15. The number of hydrogen-bond acceptors (Lipinski definition) is 2. The van der Waals surface area contributed by atoms with E-state index in [0.717, 1.165) is 0 Å². The summed E-state index contributed by atoms with van der Waals surface area (Å²) in [5.74, 6) is 0. The van der Waals surface area contributed by atoms with E-state index in [-0.39, 0.29) is 10.8 Å². The Morgan fingerprint density at radius 3 is 1.08 bits per heavy atom. The molecule has 2 aliphatic carbocycles. The van der Waals surface area contributed by atoms with Crippen molar-refractivity contribution >= 4 is 55.7 Å². The van der Waals surface area contributed by atoms with Gasteiger partial charge in [-0.1, -0.05) is 161 Å². The molecule has 9 aromatic rings. The van der Waals surface area contributed by atoms with Gasteiger partial charge in [0.15, 0.2) is 0 Å². The van der Waals surface area contributed by atoms with Crippen LogP contribution in [0.4, 0.5) is 34.1 Å². The molecule has 0 aromatic heterocycles. The van der Waals surface area contributed by atoms with E-state index < -0.39 is 0 Å². The van der Waals surface area contributed by atoms with Gasteiger partial charge in [-0.3, -0.25) is 0 Å². The normalized spacial score (nSPS) is 14.1. The van der Waals surface area contributed by atoms with Gasteiger partial charge in [0.25, 0.3) is 0 Å². The lowest BCUT2D eigenvalue weighted by Gasteiger charge is -2.32. The van der Waals surface area contributed by atoms with Crippen LogP contribution >= 0.6 is 0 Å². The van der Waals surface area contributed by atoms with Crippen LogP contribution in [0.15, 0.2) is 170 Å². The fourth-order valence-corrected chi connectivity index (χ4v) is 11.2. The summed E-state index contributed by atoms with van der Waals surface area (Å²) >= 11 is 0. The first-order valence-corrected chi connectivity index (χ1v) is 22.1. The van der Waals surface area contributed by atoms with E-state index in [1.807, 2.05) is 0 Å². The largest absolute Gasteiger partial charge is 0.309 e. The van der Waals surface area contributed by atoms with E-state index in [1.165, 1.54) is 122 Å². The summed E-state index contributed by atoms with van der Waals surface area (Å²) in [4.78, 5) is 5.03. The molecule has 0 saturated carbocycles. The van der Waals surface area contributed by atoms with Crippen LogP contribution in [-0.4, -0.2) is 0 Å². The summed E-state index contributed by atoms with van der Waals surface area (Å²) in [6, 6.07) is 63.5. The highest BCUT2D eigenvalue weighted by Crippen LogP contribution is 2.63. The number of nitrogens with zero attached hydrogens (tertiary/aromatic N) is 2. The predicted octanol–water partition coefficient (Wildman–Crippen LogP) is 16.8. The lowest BCUT2D eigenvalue weighted by molar-refractivity contribution is 0.648. The second-order valence-electron chi connectivity index (χ2n) is 18.7. The highest BCUT2D eigenvalue weighted by Gasteiger charge is 2.46. The average Bonchev–Trinajstić information content (AvgIpc) is 3.65. The molecule has 2 nitrogen and oxygen atoms in total. The minimum absolute atomic E-state index is 0.244. The number of anilines is 6. The molecule has 0 saturated heterocycles. The van der Waals surface area contributed by atoms with Crippen LogP contribution in [0, 0.1) is 27.7 Å². The Balaban J connectivity index is 1.19. The van der Waals surface area contributed by atoms with Crippen molar-refractivity contribution in [1.82, 2.24) is 0 Å². The molecule has 9 aromatic carbocycles. The number of aryl methyl sites for hydroxylation is 4. The zero-order valence-electron chi connectivity index (χ0n) is 37.1. The Labute approximate surface area is 366 Å². The van der Waals surface area contributed by atoms with Crippen molar-refractivity contribution in [3.05, 3.63) is 214 Å². The van der Waals surface area contributed by atoms with E-state index in [1.54, 1.807) is 0 Å². The minimum atomic E-state index is -0.302. The van der Waals surface area contributed by atoms with Gasteiger partial charge in [-0.15, -0.1) is 0 Å². The van der Waals surface area contributed by atoms with Crippen molar-refractivity contribution in [1.29, 1.82) is 0 Å². The Bertz CT molecular complexity index is 3220. The van der Waals surface area contributed by atoms with E-state index in [0.29, 0.717) is 0 Å². The van der Waals surface area contributed by atoms with E-state index in [2.05, 4.69) is 235 Å². The van der Waals surface area contributed by atoms with Gasteiger partial charge in [0.05, 0.1) is 11.4 Å². The maximum Gasteiger partial charge on any atom is 0.0543 e. The molecule has 0 spiro atoms. The van der Waals surface area contributed by atoms with Crippen molar-refractivity contribution in [3.8, 4) is 22.3 Å². The summed E-state index contributed by atoms with van der Waals surface area (Å²) in [6.07, 6.45) is 0. The second kappa shape index (κ2) is 13.8. The standard InChI is InChI=1S/C60H52N2/c1-37-21-9-17-29-49(37)61(50-30-18-10-22-38(50)2)53-35-47-55(43-27-15-13-25-41(43)53)45-33-34-46-57(58(45)60(47,7)8)56-44-28-16-14-26-42(44)54(36-48(56)59(46,5)6)62(51-31-19-11-23-39(51)3)52-32-20-12-24-40(52)4/h9-36H,1-8H3. The maximum atomic E-state index is 2.54. The summed E-state index contributed by atoms with van der Waals surface area (Å²) in [5, 5.41) is 5.11. The Kier molecular flexibility index (Phi) is 8.48. The van der Waals surface area contributed by atoms with Crippen molar-refractivity contribution in [2.75, 3.05) is 9.80 Å². The first-order valence-electron chi connectivity index (χ1n) is 22.1. The van der Waals surface area contributed by atoms with Crippen LogP contribution in [0.1, 0.15) is 72.2 Å². The topological polar surface area (TPSA) is 6.48 Å². The first kappa shape index (κ1) is 38.1. The van der Waals surface area contributed by atoms with Crippen LogP contribution < -0.4 is 9.80 Å². The van der Waals surface area contributed by atoms with Crippen LogP contribution in [0.5, 0.6) is 0 Å². The molecule has 11 rings (SSSR count).